The molecule has 2 aromatic rings. The van der Waals surface area contributed by atoms with Crippen LogP contribution in [0, 0.1) is 5.41 Å². The summed E-state index contributed by atoms with van der Waals surface area (Å²) in [6, 6.07) is 5.46. The van der Waals surface area contributed by atoms with Gasteiger partial charge in [0.15, 0.2) is 0 Å². The Morgan fingerprint density at radius 3 is 2.70 bits per heavy atom. The van der Waals surface area contributed by atoms with Crippen LogP contribution in [-0.2, 0) is 33.9 Å². The number of hydrogen-bond acceptors (Lipinski definition) is 6. The number of nitrogens with one attached hydrogen (secondary N) is 2. The molecule has 0 fully saturated rings. The lowest BCUT2D eigenvalue weighted by Gasteiger charge is -2.29. The highest BCUT2D eigenvalue weighted by atomic mass is 16.4. The van der Waals surface area contributed by atoms with E-state index < -0.39 is 11.4 Å². The van der Waals surface area contributed by atoms with E-state index in [0.29, 0.717) is 50.9 Å². The minimum absolute atomic E-state index is 0.0708. The van der Waals surface area contributed by atoms with Crippen molar-refractivity contribution in [1.82, 2.24) is 30.6 Å². The number of aryl methyl sites for hydroxylation is 1. The van der Waals surface area contributed by atoms with E-state index in [-0.39, 0.29) is 18.4 Å². The first kappa shape index (κ1) is 24.1. The number of aromatic nitrogens is 4. The second kappa shape index (κ2) is 11.9. The van der Waals surface area contributed by atoms with Crippen LogP contribution in [0.25, 0.3) is 0 Å². The summed E-state index contributed by atoms with van der Waals surface area (Å²) in [6.45, 7) is 0.836. The van der Waals surface area contributed by atoms with E-state index >= 15 is 0 Å². The van der Waals surface area contributed by atoms with Crippen LogP contribution >= 0.6 is 0 Å². The molecule has 0 saturated carbocycles. The number of carbonyl (C=O) groups excluding carboxylic acids is 2. The lowest BCUT2D eigenvalue weighted by molar-refractivity contribution is -0.149. The summed E-state index contributed by atoms with van der Waals surface area (Å²) in [7, 11) is 0. The molecule has 2 aromatic heterocycles. The Labute approximate surface area is 192 Å². The Hall–Kier alpha value is -3.56. The fraction of sp³-hybridized carbons (Fsp3) is 0.478. The van der Waals surface area contributed by atoms with E-state index in [1.807, 2.05) is 24.3 Å². The van der Waals surface area contributed by atoms with Crippen molar-refractivity contribution in [3.63, 3.8) is 0 Å². The minimum atomic E-state index is -0.808. The van der Waals surface area contributed by atoms with Crippen LogP contribution in [0.3, 0.4) is 0 Å². The first-order valence-corrected chi connectivity index (χ1v) is 11.2. The Kier molecular flexibility index (Phi) is 8.68. The number of rotatable bonds is 12. The predicted octanol–water partition coefficient (Wildman–Crippen LogP) is 1.63. The van der Waals surface area contributed by atoms with Gasteiger partial charge in [-0.25, -0.2) is 0 Å². The topological polar surface area (TPSA) is 139 Å². The summed E-state index contributed by atoms with van der Waals surface area (Å²) in [5.74, 6) is -1.24. The van der Waals surface area contributed by atoms with Gasteiger partial charge in [0.1, 0.15) is 0 Å². The SMILES string of the molecule is O=C(CCCCn1cc(CC2(C(=O)O)CC=CCC2)nn1)NCC(=O)NCc1ccccn1. The molecular formula is C23H30N6O4. The van der Waals surface area contributed by atoms with Gasteiger partial charge in [-0.15, -0.1) is 5.10 Å². The Morgan fingerprint density at radius 1 is 1.09 bits per heavy atom. The van der Waals surface area contributed by atoms with Crippen LogP contribution in [-0.4, -0.2) is 49.4 Å². The van der Waals surface area contributed by atoms with Crippen molar-refractivity contribution in [3.8, 4) is 0 Å². The lowest BCUT2D eigenvalue weighted by atomic mass is 9.74. The van der Waals surface area contributed by atoms with Gasteiger partial charge in [-0.1, -0.05) is 23.4 Å². The van der Waals surface area contributed by atoms with Crippen molar-refractivity contribution in [2.24, 2.45) is 5.41 Å². The largest absolute Gasteiger partial charge is 0.481 e. The zero-order valence-electron chi connectivity index (χ0n) is 18.6. The molecule has 1 atom stereocenters. The van der Waals surface area contributed by atoms with Gasteiger partial charge in [0.2, 0.25) is 11.8 Å². The third-order valence-corrected chi connectivity index (χ3v) is 5.70. The molecule has 3 rings (SSSR count). The molecule has 0 spiro atoms. The van der Waals surface area contributed by atoms with Gasteiger partial charge in [0, 0.05) is 31.8 Å². The minimum Gasteiger partial charge on any atom is -0.481 e. The van der Waals surface area contributed by atoms with Crippen LogP contribution in [0.5, 0.6) is 0 Å². The van der Waals surface area contributed by atoms with E-state index in [9.17, 15) is 19.5 Å². The van der Waals surface area contributed by atoms with Crippen molar-refractivity contribution in [2.45, 2.75) is 58.0 Å². The summed E-state index contributed by atoms with van der Waals surface area (Å²) in [6.07, 6.45) is 11.3. The quantitative estimate of drug-likeness (QED) is 0.327. The molecule has 2 amide bonds. The molecule has 10 nitrogen and oxygen atoms in total. The number of carbonyl (C=O) groups is 3. The third kappa shape index (κ3) is 7.51. The van der Waals surface area contributed by atoms with E-state index in [1.54, 1.807) is 23.1 Å². The first-order valence-electron chi connectivity index (χ1n) is 11.2. The standard InChI is InChI=1S/C23H30N6O4/c30-20(26-16-21(31)25-15-18-8-2-6-12-24-18)9-3-7-13-29-17-19(27-28-29)14-23(22(32)33)10-4-1-5-11-23/h1-2,4,6,8,12,17H,3,5,7,9-11,13-16H2,(H,25,31)(H,26,30)(H,32,33). The molecule has 0 aliphatic heterocycles. The Bertz CT molecular complexity index is 974. The number of allylic oxidation sites excluding steroid dienone is 2. The van der Waals surface area contributed by atoms with Gasteiger partial charge in [0.05, 0.1) is 29.9 Å². The number of carboxylic acids is 1. The number of carboxylic acid groups (broad SMARTS) is 1. The first-order chi connectivity index (χ1) is 16.0. The summed E-state index contributed by atoms with van der Waals surface area (Å²) in [5, 5.41) is 23.2. The van der Waals surface area contributed by atoms with Crippen molar-refractivity contribution >= 4 is 17.8 Å². The van der Waals surface area contributed by atoms with Crippen LogP contribution in [0.2, 0.25) is 0 Å². The fourth-order valence-corrected chi connectivity index (χ4v) is 3.78. The number of unbranched alkanes of at least 4 members (excludes halogenated alkanes) is 1. The summed E-state index contributed by atoms with van der Waals surface area (Å²) < 4.78 is 1.69. The van der Waals surface area contributed by atoms with E-state index in [1.165, 1.54) is 0 Å². The molecule has 1 unspecified atom stereocenters. The van der Waals surface area contributed by atoms with Gasteiger partial charge >= 0.3 is 5.97 Å². The van der Waals surface area contributed by atoms with Gasteiger partial charge in [-0.05, 0) is 44.2 Å². The monoisotopic (exact) mass is 454 g/mol. The second-order valence-electron chi connectivity index (χ2n) is 8.28. The maximum atomic E-state index is 12.0. The zero-order valence-corrected chi connectivity index (χ0v) is 18.6. The maximum Gasteiger partial charge on any atom is 0.310 e. The molecule has 3 N–H and O–H groups in total. The van der Waals surface area contributed by atoms with Gasteiger partial charge in [-0.3, -0.25) is 24.0 Å². The van der Waals surface area contributed by atoms with Gasteiger partial charge in [0.25, 0.3) is 0 Å². The fourth-order valence-electron chi connectivity index (χ4n) is 3.78. The molecule has 0 aromatic carbocycles. The van der Waals surface area contributed by atoms with Crippen LogP contribution in [0.1, 0.15) is 49.9 Å². The van der Waals surface area contributed by atoms with Gasteiger partial charge < -0.3 is 15.7 Å². The summed E-state index contributed by atoms with van der Waals surface area (Å²) >= 11 is 0. The molecule has 0 radical (unpaired) electrons. The van der Waals surface area contributed by atoms with Crippen molar-refractivity contribution in [3.05, 3.63) is 54.1 Å². The van der Waals surface area contributed by atoms with Crippen molar-refractivity contribution in [1.29, 1.82) is 0 Å². The highest BCUT2D eigenvalue weighted by molar-refractivity contribution is 5.84. The predicted molar refractivity (Wildman–Crippen MR) is 120 cm³/mol. The highest BCUT2D eigenvalue weighted by Crippen LogP contribution is 2.36. The Morgan fingerprint density at radius 2 is 1.97 bits per heavy atom. The smallest absolute Gasteiger partial charge is 0.310 e. The molecule has 2 heterocycles. The number of aliphatic carboxylic acids is 1. The van der Waals surface area contributed by atoms with Crippen molar-refractivity contribution < 1.29 is 19.5 Å². The number of pyridine rings is 1. The van der Waals surface area contributed by atoms with E-state index in [0.717, 1.165) is 18.5 Å². The maximum absolute atomic E-state index is 12.0. The lowest BCUT2D eigenvalue weighted by Crippen LogP contribution is -2.36. The molecule has 10 heteroatoms. The molecule has 176 valence electrons. The van der Waals surface area contributed by atoms with Crippen LogP contribution in [0.4, 0.5) is 0 Å². The van der Waals surface area contributed by atoms with E-state index in [4.69, 9.17) is 0 Å². The highest BCUT2D eigenvalue weighted by Gasteiger charge is 2.39. The second-order valence-corrected chi connectivity index (χ2v) is 8.28. The zero-order chi connectivity index (χ0) is 23.5. The molecule has 33 heavy (non-hydrogen) atoms. The molecule has 1 aliphatic rings. The summed E-state index contributed by atoms with van der Waals surface area (Å²) in [4.78, 5) is 39.7. The Balaban J connectivity index is 1.31. The molecule has 0 saturated heterocycles. The molecular weight excluding hydrogens is 424 g/mol. The molecule has 1 aliphatic carbocycles. The summed E-state index contributed by atoms with van der Waals surface area (Å²) in [5.41, 5.74) is 0.613. The third-order valence-electron chi connectivity index (χ3n) is 5.70. The van der Waals surface area contributed by atoms with Crippen LogP contribution < -0.4 is 10.6 Å². The normalized spacial score (nSPS) is 17.5. The average Bonchev–Trinajstić information content (AvgIpc) is 3.27. The number of amides is 2. The van der Waals surface area contributed by atoms with Crippen LogP contribution in [0.15, 0.2) is 42.7 Å². The van der Waals surface area contributed by atoms with E-state index in [2.05, 4.69) is 25.9 Å². The van der Waals surface area contributed by atoms with Crippen molar-refractivity contribution in [2.75, 3.05) is 6.54 Å². The number of nitrogens with zero attached hydrogens (tertiary/aromatic N) is 4. The average molecular weight is 455 g/mol. The number of hydrogen-bond donors (Lipinski definition) is 3. The molecule has 0 bridgehead atoms. The van der Waals surface area contributed by atoms with Gasteiger partial charge in [-0.2, -0.15) is 0 Å².